The van der Waals surface area contributed by atoms with Crippen molar-refractivity contribution >= 4 is 21.5 Å². The molecule has 0 atom stereocenters. The number of rotatable bonds is 5. The third-order valence-electron chi connectivity index (χ3n) is 1.42. The Balaban J connectivity index is 2.52. The number of hydrogen-bond acceptors (Lipinski definition) is 5. The van der Waals surface area contributed by atoms with E-state index in [1.54, 1.807) is 7.11 Å². The summed E-state index contributed by atoms with van der Waals surface area (Å²) >= 11 is 1.48. The van der Waals surface area contributed by atoms with Crippen molar-refractivity contribution in [3.63, 3.8) is 0 Å². The van der Waals surface area contributed by atoms with Gasteiger partial charge in [0.15, 0.2) is 0 Å². The minimum Gasteiger partial charge on any atom is -0.379 e. The molecule has 14 heavy (non-hydrogen) atoms. The first-order chi connectivity index (χ1) is 6.51. The average molecular weight is 236 g/mol. The van der Waals surface area contributed by atoms with Crippen LogP contribution in [0.4, 0.5) is 0 Å². The van der Waals surface area contributed by atoms with Gasteiger partial charge in [-0.15, -0.1) is 11.3 Å². The Morgan fingerprint density at radius 2 is 1.86 bits per heavy atom. The van der Waals surface area contributed by atoms with Gasteiger partial charge in [-0.05, 0) is 12.1 Å². The zero-order valence-electron chi connectivity index (χ0n) is 8.02. The third-order valence-corrected chi connectivity index (χ3v) is 3.00. The Morgan fingerprint density at radius 1 is 1.29 bits per heavy atom. The van der Waals surface area contributed by atoms with Gasteiger partial charge in [0.25, 0.3) is 10.1 Å². The van der Waals surface area contributed by atoms with Crippen molar-refractivity contribution in [2.45, 2.75) is 13.2 Å². The van der Waals surface area contributed by atoms with Crippen LogP contribution in [0.2, 0.25) is 0 Å². The molecule has 80 valence electrons. The first kappa shape index (κ1) is 11.6. The Kier molecular flexibility index (Phi) is 4.06. The van der Waals surface area contributed by atoms with E-state index >= 15 is 0 Å². The van der Waals surface area contributed by atoms with E-state index in [1.165, 1.54) is 11.3 Å². The third kappa shape index (κ3) is 4.19. The molecule has 1 heterocycles. The first-order valence-electron chi connectivity index (χ1n) is 3.92. The van der Waals surface area contributed by atoms with Crippen molar-refractivity contribution in [3.8, 4) is 0 Å². The highest BCUT2D eigenvalue weighted by Crippen LogP contribution is 2.18. The molecular formula is C8H12O4S2. The van der Waals surface area contributed by atoms with Gasteiger partial charge in [0.1, 0.15) is 6.61 Å². The summed E-state index contributed by atoms with van der Waals surface area (Å²) in [5.74, 6) is 0. The Labute approximate surface area is 87.6 Å². The molecule has 0 spiro atoms. The summed E-state index contributed by atoms with van der Waals surface area (Å²) in [7, 11) is -1.73. The van der Waals surface area contributed by atoms with E-state index in [0.717, 1.165) is 16.0 Å². The molecule has 0 aliphatic rings. The number of hydrogen-bond donors (Lipinski definition) is 0. The molecule has 0 amide bonds. The number of ether oxygens (including phenoxy) is 1. The molecule has 0 fully saturated rings. The predicted molar refractivity (Wildman–Crippen MR) is 54.7 cm³/mol. The SMILES string of the molecule is COCc1ccc(COS(C)(=O)=O)s1. The van der Waals surface area contributed by atoms with Gasteiger partial charge >= 0.3 is 0 Å². The van der Waals surface area contributed by atoms with Gasteiger partial charge in [-0.3, -0.25) is 4.18 Å². The van der Waals surface area contributed by atoms with E-state index in [4.69, 9.17) is 4.74 Å². The van der Waals surface area contributed by atoms with E-state index < -0.39 is 10.1 Å². The molecule has 0 aromatic carbocycles. The molecule has 4 nitrogen and oxygen atoms in total. The number of thiophene rings is 1. The lowest BCUT2D eigenvalue weighted by Gasteiger charge is -1.97. The number of methoxy groups -OCH3 is 1. The van der Waals surface area contributed by atoms with Crippen LogP contribution in [0.15, 0.2) is 12.1 Å². The molecule has 1 aromatic rings. The van der Waals surface area contributed by atoms with Crippen LogP contribution in [0.3, 0.4) is 0 Å². The molecule has 0 saturated heterocycles. The Morgan fingerprint density at radius 3 is 2.36 bits per heavy atom. The van der Waals surface area contributed by atoms with Crippen LogP contribution in [0, 0.1) is 0 Å². The van der Waals surface area contributed by atoms with Crippen LogP contribution in [0.1, 0.15) is 9.75 Å². The van der Waals surface area contributed by atoms with Crippen molar-refractivity contribution in [3.05, 3.63) is 21.9 Å². The molecule has 0 bridgehead atoms. The second kappa shape index (κ2) is 4.88. The fraction of sp³-hybridized carbons (Fsp3) is 0.500. The van der Waals surface area contributed by atoms with Gasteiger partial charge < -0.3 is 4.74 Å². The van der Waals surface area contributed by atoms with Crippen molar-refractivity contribution in [2.24, 2.45) is 0 Å². The molecule has 0 N–H and O–H groups in total. The van der Waals surface area contributed by atoms with Gasteiger partial charge in [-0.1, -0.05) is 0 Å². The van der Waals surface area contributed by atoms with Crippen molar-refractivity contribution in [1.29, 1.82) is 0 Å². The van der Waals surface area contributed by atoms with Crippen LogP contribution >= 0.6 is 11.3 Å². The summed E-state index contributed by atoms with van der Waals surface area (Å²) in [4.78, 5) is 1.93. The van der Waals surface area contributed by atoms with E-state index in [1.807, 2.05) is 12.1 Å². The van der Waals surface area contributed by atoms with Crippen molar-refractivity contribution in [1.82, 2.24) is 0 Å². The van der Waals surface area contributed by atoms with E-state index in [-0.39, 0.29) is 6.61 Å². The summed E-state index contributed by atoms with van der Waals surface area (Å²) in [5, 5.41) is 0. The standard InChI is InChI=1S/C8H12O4S2/c1-11-5-7-3-4-8(13-7)6-12-14(2,9)10/h3-4H,5-6H2,1-2H3. The lowest BCUT2D eigenvalue weighted by atomic mass is 10.4. The first-order valence-corrected chi connectivity index (χ1v) is 6.55. The summed E-state index contributed by atoms with van der Waals surface area (Å²) in [5.41, 5.74) is 0. The lowest BCUT2D eigenvalue weighted by molar-refractivity contribution is 0.187. The molecule has 0 aliphatic heterocycles. The molecule has 0 unspecified atom stereocenters. The summed E-state index contributed by atoms with van der Waals surface area (Å²) < 4.78 is 31.0. The van der Waals surface area contributed by atoms with Gasteiger partial charge in [-0.25, -0.2) is 0 Å². The monoisotopic (exact) mass is 236 g/mol. The topological polar surface area (TPSA) is 52.6 Å². The second-order valence-corrected chi connectivity index (χ2v) is 5.66. The molecule has 0 radical (unpaired) electrons. The Bertz CT molecular complexity index is 380. The molecule has 1 aromatic heterocycles. The van der Waals surface area contributed by atoms with Gasteiger partial charge in [0, 0.05) is 16.9 Å². The zero-order valence-corrected chi connectivity index (χ0v) is 9.65. The largest absolute Gasteiger partial charge is 0.379 e. The van der Waals surface area contributed by atoms with Crippen LogP contribution in [0.25, 0.3) is 0 Å². The maximum atomic E-state index is 10.7. The summed E-state index contributed by atoms with van der Waals surface area (Å²) in [6, 6.07) is 3.74. The van der Waals surface area contributed by atoms with Gasteiger partial charge in [-0.2, -0.15) is 8.42 Å². The predicted octanol–water partition coefficient (Wildman–Crippen LogP) is 1.37. The molecule has 0 aliphatic carbocycles. The fourth-order valence-electron chi connectivity index (χ4n) is 0.885. The van der Waals surface area contributed by atoms with Gasteiger partial charge in [0.2, 0.25) is 0 Å². The van der Waals surface area contributed by atoms with E-state index in [2.05, 4.69) is 4.18 Å². The zero-order chi connectivity index (χ0) is 10.6. The molecule has 1 rings (SSSR count). The maximum Gasteiger partial charge on any atom is 0.264 e. The summed E-state index contributed by atoms with van der Waals surface area (Å²) in [6.07, 6.45) is 1.04. The minimum atomic E-state index is -3.35. The smallest absolute Gasteiger partial charge is 0.264 e. The van der Waals surface area contributed by atoms with Crippen LogP contribution < -0.4 is 0 Å². The summed E-state index contributed by atoms with van der Waals surface area (Å²) in [6.45, 7) is 0.650. The maximum absolute atomic E-state index is 10.7. The quantitative estimate of drug-likeness (QED) is 0.725. The minimum absolute atomic E-state index is 0.104. The van der Waals surface area contributed by atoms with E-state index in [9.17, 15) is 8.42 Å². The highest BCUT2D eigenvalue weighted by Gasteiger charge is 2.05. The highest BCUT2D eigenvalue weighted by molar-refractivity contribution is 7.85. The van der Waals surface area contributed by atoms with Crippen LogP contribution in [-0.4, -0.2) is 21.8 Å². The lowest BCUT2D eigenvalue weighted by Crippen LogP contribution is -2.01. The van der Waals surface area contributed by atoms with Crippen LogP contribution in [0.5, 0.6) is 0 Å². The normalized spacial score (nSPS) is 11.9. The van der Waals surface area contributed by atoms with E-state index in [0.29, 0.717) is 6.61 Å². The molecule has 6 heteroatoms. The van der Waals surface area contributed by atoms with Crippen LogP contribution in [-0.2, 0) is 32.3 Å². The van der Waals surface area contributed by atoms with Crippen molar-refractivity contribution < 1.29 is 17.3 Å². The molecular weight excluding hydrogens is 224 g/mol. The fourth-order valence-corrected chi connectivity index (χ4v) is 2.20. The Hall–Kier alpha value is -0.430. The molecule has 0 saturated carbocycles. The second-order valence-electron chi connectivity index (χ2n) is 2.77. The average Bonchev–Trinajstić information content (AvgIpc) is 2.49. The van der Waals surface area contributed by atoms with Gasteiger partial charge in [0.05, 0.1) is 12.9 Å². The van der Waals surface area contributed by atoms with Crippen molar-refractivity contribution in [2.75, 3.05) is 13.4 Å². The highest BCUT2D eigenvalue weighted by atomic mass is 32.2.